The second kappa shape index (κ2) is 9.12. The van der Waals surface area contributed by atoms with E-state index in [-0.39, 0.29) is 28.8 Å². The van der Waals surface area contributed by atoms with Crippen molar-refractivity contribution in [3.63, 3.8) is 0 Å². The van der Waals surface area contributed by atoms with Crippen LogP contribution < -0.4 is 10.9 Å². The second-order valence-corrected chi connectivity index (χ2v) is 9.29. The SMILES string of the molecule is CC[C@H](C)n1c(S[C@H](C)C(=O)N[C@@H]2CCCC[C@@H]2C)nc2ccccc2c1=O. The summed E-state index contributed by atoms with van der Waals surface area (Å²) in [7, 11) is 0. The number of hydrogen-bond acceptors (Lipinski definition) is 4. The summed E-state index contributed by atoms with van der Waals surface area (Å²) in [5.74, 6) is 0.550. The minimum Gasteiger partial charge on any atom is -0.352 e. The number of nitrogens with zero attached hydrogens (tertiary/aromatic N) is 2. The molecule has 1 amide bonds. The highest BCUT2D eigenvalue weighted by Gasteiger charge is 2.26. The highest BCUT2D eigenvalue weighted by Crippen LogP contribution is 2.28. The molecule has 1 fully saturated rings. The average molecular weight is 402 g/mol. The molecular weight excluding hydrogens is 370 g/mol. The molecule has 0 bridgehead atoms. The first-order chi connectivity index (χ1) is 13.4. The van der Waals surface area contributed by atoms with Gasteiger partial charge in [0.1, 0.15) is 0 Å². The number of carbonyl (C=O) groups is 1. The molecule has 5 nitrogen and oxygen atoms in total. The van der Waals surface area contributed by atoms with Crippen LogP contribution in [0.4, 0.5) is 0 Å². The summed E-state index contributed by atoms with van der Waals surface area (Å²) in [5, 5.41) is 4.17. The number of amides is 1. The first kappa shape index (κ1) is 20.9. The number of rotatable bonds is 6. The number of nitrogens with one attached hydrogen (secondary N) is 1. The van der Waals surface area contributed by atoms with Gasteiger partial charge in [-0.2, -0.15) is 0 Å². The third-order valence-electron chi connectivity index (χ3n) is 5.90. The normalized spacial score (nSPS) is 22.0. The Labute approximate surface area is 171 Å². The Balaban J connectivity index is 1.85. The molecular formula is C22H31N3O2S. The third kappa shape index (κ3) is 4.43. The molecule has 1 N–H and O–H groups in total. The van der Waals surface area contributed by atoms with Crippen LogP contribution >= 0.6 is 11.8 Å². The molecule has 0 spiro atoms. The van der Waals surface area contributed by atoms with Gasteiger partial charge < -0.3 is 5.32 Å². The number of para-hydroxylation sites is 1. The van der Waals surface area contributed by atoms with Gasteiger partial charge in [0.05, 0.1) is 16.2 Å². The largest absolute Gasteiger partial charge is 0.352 e. The van der Waals surface area contributed by atoms with E-state index in [0.29, 0.717) is 22.0 Å². The lowest BCUT2D eigenvalue weighted by Crippen LogP contribution is -2.44. The van der Waals surface area contributed by atoms with Gasteiger partial charge in [0.25, 0.3) is 5.56 Å². The molecule has 1 aliphatic carbocycles. The summed E-state index contributed by atoms with van der Waals surface area (Å²) in [6.07, 6.45) is 5.48. The number of thioether (sulfide) groups is 1. The Morgan fingerprint density at radius 3 is 2.71 bits per heavy atom. The molecule has 28 heavy (non-hydrogen) atoms. The van der Waals surface area contributed by atoms with Gasteiger partial charge in [-0.3, -0.25) is 14.2 Å². The molecule has 152 valence electrons. The number of benzene rings is 1. The Morgan fingerprint density at radius 2 is 2.00 bits per heavy atom. The van der Waals surface area contributed by atoms with E-state index in [9.17, 15) is 9.59 Å². The fourth-order valence-corrected chi connectivity index (χ4v) is 4.84. The summed E-state index contributed by atoms with van der Waals surface area (Å²) >= 11 is 1.38. The van der Waals surface area contributed by atoms with Crippen molar-refractivity contribution in [2.24, 2.45) is 5.92 Å². The lowest BCUT2D eigenvalue weighted by molar-refractivity contribution is -0.121. The van der Waals surface area contributed by atoms with Gasteiger partial charge in [-0.1, -0.05) is 50.6 Å². The molecule has 2 aromatic rings. The van der Waals surface area contributed by atoms with Gasteiger partial charge in [-0.25, -0.2) is 4.98 Å². The summed E-state index contributed by atoms with van der Waals surface area (Å²) in [6, 6.07) is 7.71. The standard InChI is InChI=1S/C22H31N3O2S/c1-5-15(3)25-21(27)17-11-7-9-13-19(17)24-22(25)28-16(4)20(26)23-18-12-8-6-10-14(18)2/h7,9,11,13-16,18H,5-6,8,10,12H2,1-4H3,(H,23,26)/t14-,15-,16+,18+/m0/s1. The van der Waals surface area contributed by atoms with Gasteiger partial charge in [0.2, 0.25) is 5.91 Å². The number of hydrogen-bond donors (Lipinski definition) is 1. The van der Waals surface area contributed by atoms with Crippen molar-refractivity contribution >= 4 is 28.6 Å². The van der Waals surface area contributed by atoms with E-state index in [0.717, 1.165) is 12.8 Å². The second-order valence-electron chi connectivity index (χ2n) is 7.98. The van der Waals surface area contributed by atoms with E-state index < -0.39 is 0 Å². The molecule has 4 atom stereocenters. The van der Waals surface area contributed by atoms with Gasteiger partial charge in [0.15, 0.2) is 5.16 Å². The minimum atomic E-state index is -0.308. The Kier molecular flexibility index (Phi) is 6.81. The van der Waals surface area contributed by atoms with Gasteiger partial charge in [0, 0.05) is 12.1 Å². The van der Waals surface area contributed by atoms with Crippen molar-refractivity contribution in [2.75, 3.05) is 0 Å². The summed E-state index contributed by atoms with van der Waals surface area (Å²) < 4.78 is 1.75. The van der Waals surface area contributed by atoms with Gasteiger partial charge in [-0.05, 0) is 51.2 Å². The smallest absolute Gasteiger partial charge is 0.262 e. The molecule has 1 heterocycles. The zero-order valence-electron chi connectivity index (χ0n) is 17.3. The molecule has 6 heteroatoms. The molecule has 1 aromatic heterocycles. The van der Waals surface area contributed by atoms with Crippen LogP contribution in [0, 0.1) is 5.92 Å². The lowest BCUT2D eigenvalue weighted by Gasteiger charge is -2.30. The first-order valence-electron chi connectivity index (χ1n) is 10.4. The summed E-state index contributed by atoms with van der Waals surface area (Å²) in [5.41, 5.74) is 0.652. The van der Waals surface area contributed by atoms with Crippen LogP contribution in [0.1, 0.15) is 65.8 Å². The van der Waals surface area contributed by atoms with Crippen molar-refractivity contribution < 1.29 is 4.79 Å². The van der Waals surface area contributed by atoms with Crippen LogP contribution in [-0.4, -0.2) is 26.8 Å². The molecule has 0 radical (unpaired) electrons. The summed E-state index contributed by atoms with van der Waals surface area (Å²) in [4.78, 5) is 30.6. The highest BCUT2D eigenvalue weighted by molar-refractivity contribution is 8.00. The van der Waals surface area contributed by atoms with Crippen LogP contribution in [0.25, 0.3) is 10.9 Å². The minimum absolute atomic E-state index is 0.0285. The fraction of sp³-hybridized carbons (Fsp3) is 0.591. The van der Waals surface area contributed by atoms with Crippen LogP contribution in [0.5, 0.6) is 0 Å². The number of carbonyl (C=O) groups excluding carboxylic acids is 1. The van der Waals surface area contributed by atoms with Crippen LogP contribution in [0.3, 0.4) is 0 Å². The molecule has 0 aliphatic heterocycles. The van der Waals surface area contributed by atoms with Gasteiger partial charge in [-0.15, -0.1) is 0 Å². The van der Waals surface area contributed by atoms with Crippen molar-refractivity contribution in [1.82, 2.24) is 14.9 Å². The van der Waals surface area contributed by atoms with Crippen LogP contribution in [0.15, 0.2) is 34.2 Å². The Morgan fingerprint density at radius 1 is 1.29 bits per heavy atom. The van der Waals surface area contributed by atoms with Crippen molar-refractivity contribution in [1.29, 1.82) is 0 Å². The van der Waals surface area contributed by atoms with E-state index in [1.165, 1.54) is 31.0 Å². The topological polar surface area (TPSA) is 64.0 Å². The van der Waals surface area contributed by atoms with Crippen molar-refractivity contribution in [3.8, 4) is 0 Å². The first-order valence-corrected chi connectivity index (χ1v) is 11.3. The predicted molar refractivity (Wildman–Crippen MR) is 116 cm³/mol. The highest BCUT2D eigenvalue weighted by atomic mass is 32.2. The maximum absolute atomic E-state index is 13.1. The van der Waals surface area contributed by atoms with Crippen LogP contribution in [-0.2, 0) is 4.79 Å². The maximum atomic E-state index is 13.1. The van der Waals surface area contributed by atoms with E-state index in [1.54, 1.807) is 4.57 Å². The molecule has 1 saturated carbocycles. The van der Waals surface area contributed by atoms with E-state index >= 15 is 0 Å². The quantitative estimate of drug-likeness (QED) is 0.570. The third-order valence-corrected chi connectivity index (χ3v) is 6.96. The lowest BCUT2D eigenvalue weighted by atomic mass is 9.86. The average Bonchev–Trinajstić information content (AvgIpc) is 2.69. The zero-order valence-corrected chi connectivity index (χ0v) is 18.1. The van der Waals surface area contributed by atoms with Crippen molar-refractivity contribution in [3.05, 3.63) is 34.6 Å². The van der Waals surface area contributed by atoms with E-state index in [1.807, 2.05) is 38.1 Å². The van der Waals surface area contributed by atoms with Crippen LogP contribution in [0.2, 0.25) is 0 Å². The summed E-state index contributed by atoms with van der Waals surface area (Å²) in [6.45, 7) is 8.20. The monoisotopic (exact) mass is 401 g/mol. The van der Waals surface area contributed by atoms with Gasteiger partial charge >= 0.3 is 0 Å². The van der Waals surface area contributed by atoms with E-state index in [2.05, 4.69) is 19.2 Å². The molecule has 0 unspecified atom stereocenters. The zero-order chi connectivity index (χ0) is 20.3. The molecule has 1 aromatic carbocycles. The Hall–Kier alpha value is -1.82. The predicted octanol–water partition coefficient (Wildman–Crippen LogP) is 4.54. The number of fused-ring (bicyclic) bond motifs is 1. The molecule has 0 saturated heterocycles. The molecule has 3 rings (SSSR count). The molecule has 1 aliphatic rings. The van der Waals surface area contributed by atoms with E-state index in [4.69, 9.17) is 4.98 Å². The van der Waals surface area contributed by atoms with Crippen molar-refractivity contribution in [2.45, 2.75) is 82.3 Å². The fourth-order valence-electron chi connectivity index (χ4n) is 3.82. The maximum Gasteiger partial charge on any atom is 0.262 e. The Bertz CT molecular complexity index is 895. The number of aromatic nitrogens is 2.